The molecule has 0 saturated carbocycles. The van der Waals surface area contributed by atoms with Gasteiger partial charge in [0.15, 0.2) is 6.10 Å². The van der Waals surface area contributed by atoms with Crippen LogP contribution >= 0.6 is 0 Å². The zero-order valence-electron chi connectivity index (χ0n) is 15.7. The number of rotatable bonds is 5. The average Bonchev–Trinajstić information content (AvgIpc) is 2.67. The molecule has 1 N–H and O–H groups in total. The fraction of sp³-hybridized carbons (Fsp3) is 0.350. The summed E-state index contributed by atoms with van der Waals surface area (Å²) >= 11 is 0. The highest BCUT2D eigenvalue weighted by Crippen LogP contribution is 2.36. The third kappa shape index (κ3) is 3.93. The van der Waals surface area contributed by atoms with Crippen LogP contribution in [0.15, 0.2) is 53.4 Å². The first-order valence-electron chi connectivity index (χ1n) is 8.98. The first-order chi connectivity index (χ1) is 12.8. The molecule has 1 amide bonds. The highest BCUT2D eigenvalue weighted by atomic mass is 32.2. The number of aryl methyl sites for hydroxylation is 1. The van der Waals surface area contributed by atoms with Crippen molar-refractivity contribution in [2.45, 2.75) is 44.2 Å². The summed E-state index contributed by atoms with van der Waals surface area (Å²) in [5.41, 5.74) is 1.41. The molecule has 0 bridgehead atoms. The Kier molecular flexibility index (Phi) is 5.41. The van der Waals surface area contributed by atoms with Gasteiger partial charge in [0, 0.05) is 6.04 Å². The molecule has 1 aliphatic rings. The Labute approximate surface area is 160 Å². The van der Waals surface area contributed by atoms with Gasteiger partial charge in [-0.1, -0.05) is 36.8 Å². The van der Waals surface area contributed by atoms with Crippen molar-refractivity contribution in [3.05, 3.63) is 54.1 Å². The predicted octanol–water partition coefficient (Wildman–Crippen LogP) is 2.87. The highest BCUT2D eigenvalue weighted by Gasteiger charge is 2.37. The van der Waals surface area contributed by atoms with Gasteiger partial charge in [0.25, 0.3) is 15.9 Å². The smallest absolute Gasteiger partial charge is 0.264 e. The number of benzene rings is 2. The molecule has 2 aromatic rings. The zero-order chi connectivity index (χ0) is 19.6. The van der Waals surface area contributed by atoms with E-state index < -0.39 is 16.1 Å². The standard InChI is InChI=1S/C20H24N2O4S/c1-4-15(3)21-20(23)19-13-22(17-7-5-6-8-18(17)26-19)27(24,25)16-11-9-14(2)10-12-16/h5-12,15,19H,4,13H2,1-3H3,(H,21,23)/t15-,19-/m1/s1. The normalized spacial score (nSPS) is 17.6. The maximum Gasteiger partial charge on any atom is 0.264 e. The Morgan fingerprint density at radius 2 is 1.89 bits per heavy atom. The second-order valence-corrected chi connectivity index (χ2v) is 8.60. The fourth-order valence-electron chi connectivity index (χ4n) is 2.84. The van der Waals surface area contributed by atoms with Crippen LogP contribution in [0.3, 0.4) is 0 Å². The summed E-state index contributed by atoms with van der Waals surface area (Å²) in [6.45, 7) is 5.69. The molecule has 0 aromatic heterocycles. The van der Waals surface area contributed by atoms with E-state index in [9.17, 15) is 13.2 Å². The van der Waals surface area contributed by atoms with E-state index in [1.807, 2.05) is 20.8 Å². The molecule has 0 aliphatic carbocycles. The van der Waals surface area contributed by atoms with Gasteiger partial charge in [-0.15, -0.1) is 0 Å². The topological polar surface area (TPSA) is 75.7 Å². The van der Waals surface area contributed by atoms with E-state index in [1.54, 1.807) is 48.5 Å². The van der Waals surface area contributed by atoms with Crippen LogP contribution < -0.4 is 14.4 Å². The van der Waals surface area contributed by atoms with Gasteiger partial charge in [-0.3, -0.25) is 9.10 Å². The first kappa shape index (κ1) is 19.2. The number of nitrogens with zero attached hydrogens (tertiary/aromatic N) is 1. The minimum atomic E-state index is -3.82. The van der Waals surface area contributed by atoms with Crippen molar-refractivity contribution in [2.24, 2.45) is 0 Å². The van der Waals surface area contributed by atoms with E-state index >= 15 is 0 Å². The summed E-state index contributed by atoms with van der Waals surface area (Å²) in [7, 11) is -3.82. The lowest BCUT2D eigenvalue weighted by molar-refractivity contribution is -0.128. The van der Waals surface area contributed by atoms with Gasteiger partial charge in [0.05, 0.1) is 17.1 Å². The number of hydrogen-bond donors (Lipinski definition) is 1. The molecule has 144 valence electrons. The number of para-hydroxylation sites is 2. The second kappa shape index (κ2) is 7.60. The van der Waals surface area contributed by atoms with Crippen LogP contribution in [-0.4, -0.2) is 33.0 Å². The van der Waals surface area contributed by atoms with E-state index in [0.29, 0.717) is 11.4 Å². The number of carbonyl (C=O) groups excluding carboxylic acids is 1. The molecule has 1 aliphatic heterocycles. The summed E-state index contributed by atoms with van der Waals surface area (Å²) in [5, 5.41) is 2.86. The molecule has 2 aromatic carbocycles. The van der Waals surface area contributed by atoms with Crippen LogP contribution in [-0.2, 0) is 14.8 Å². The van der Waals surface area contributed by atoms with Gasteiger partial charge in [0.2, 0.25) is 0 Å². The third-order valence-corrected chi connectivity index (χ3v) is 6.43. The van der Waals surface area contributed by atoms with Crippen molar-refractivity contribution >= 4 is 21.6 Å². The van der Waals surface area contributed by atoms with Crippen molar-refractivity contribution in [3.63, 3.8) is 0 Å². The number of amides is 1. The summed E-state index contributed by atoms with van der Waals surface area (Å²) < 4.78 is 33.6. The Morgan fingerprint density at radius 1 is 1.22 bits per heavy atom. The Morgan fingerprint density at radius 3 is 2.56 bits per heavy atom. The molecular weight excluding hydrogens is 364 g/mol. The van der Waals surface area contributed by atoms with E-state index in [1.165, 1.54) is 4.31 Å². The molecule has 6 nitrogen and oxygen atoms in total. The molecule has 0 radical (unpaired) electrons. The number of anilines is 1. The van der Waals surface area contributed by atoms with E-state index in [4.69, 9.17) is 4.74 Å². The largest absolute Gasteiger partial charge is 0.476 e. The van der Waals surface area contributed by atoms with Crippen molar-refractivity contribution in [2.75, 3.05) is 10.8 Å². The van der Waals surface area contributed by atoms with E-state index in [0.717, 1.165) is 12.0 Å². The minimum Gasteiger partial charge on any atom is -0.476 e. The van der Waals surface area contributed by atoms with Crippen molar-refractivity contribution in [3.8, 4) is 5.75 Å². The Bertz CT molecular complexity index is 925. The molecule has 0 unspecified atom stereocenters. The molecule has 0 spiro atoms. The predicted molar refractivity (Wildman–Crippen MR) is 104 cm³/mol. The van der Waals surface area contributed by atoms with Gasteiger partial charge >= 0.3 is 0 Å². The second-order valence-electron chi connectivity index (χ2n) is 6.74. The maximum absolute atomic E-state index is 13.2. The van der Waals surface area contributed by atoms with Gasteiger partial charge < -0.3 is 10.1 Å². The number of sulfonamides is 1. The van der Waals surface area contributed by atoms with Crippen LogP contribution in [0, 0.1) is 6.92 Å². The Hall–Kier alpha value is -2.54. The number of fused-ring (bicyclic) bond motifs is 1. The monoisotopic (exact) mass is 388 g/mol. The van der Waals surface area contributed by atoms with Crippen LogP contribution in [0.1, 0.15) is 25.8 Å². The number of nitrogens with one attached hydrogen (secondary N) is 1. The quantitative estimate of drug-likeness (QED) is 0.855. The van der Waals surface area contributed by atoms with E-state index in [-0.39, 0.29) is 23.4 Å². The Balaban J connectivity index is 1.98. The minimum absolute atomic E-state index is 0.0135. The number of ether oxygens (including phenoxy) is 1. The average molecular weight is 388 g/mol. The lowest BCUT2D eigenvalue weighted by Crippen LogP contribution is -2.52. The molecule has 7 heteroatoms. The number of hydrogen-bond acceptors (Lipinski definition) is 4. The van der Waals surface area contributed by atoms with Crippen LogP contribution in [0.4, 0.5) is 5.69 Å². The van der Waals surface area contributed by atoms with E-state index in [2.05, 4.69) is 5.32 Å². The van der Waals surface area contributed by atoms with Crippen molar-refractivity contribution < 1.29 is 17.9 Å². The van der Waals surface area contributed by atoms with Gasteiger partial charge in [-0.2, -0.15) is 0 Å². The molecule has 27 heavy (non-hydrogen) atoms. The summed E-state index contributed by atoms with van der Waals surface area (Å²) in [6, 6.07) is 13.5. The molecule has 1 heterocycles. The van der Waals surface area contributed by atoms with Crippen LogP contribution in [0.2, 0.25) is 0 Å². The first-order valence-corrected chi connectivity index (χ1v) is 10.4. The van der Waals surface area contributed by atoms with Gasteiger partial charge in [-0.05, 0) is 44.5 Å². The fourth-order valence-corrected chi connectivity index (χ4v) is 4.32. The van der Waals surface area contributed by atoms with Gasteiger partial charge in [0.1, 0.15) is 5.75 Å². The summed E-state index contributed by atoms with van der Waals surface area (Å²) in [4.78, 5) is 12.8. The lowest BCUT2D eigenvalue weighted by Gasteiger charge is -2.35. The third-order valence-electron chi connectivity index (χ3n) is 4.64. The molecule has 0 saturated heterocycles. The SMILES string of the molecule is CC[C@@H](C)NC(=O)[C@H]1CN(S(=O)(=O)c2ccc(C)cc2)c2ccccc2O1. The number of carbonyl (C=O) groups is 1. The molecule has 2 atom stereocenters. The summed E-state index contributed by atoms with van der Waals surface area (Å²) in [6.07, 6.45) is -0.130. The van der Waals surface area contributed by atoms with Crippen molar-refractivity contribution in [1.29, 1.82) is 0 Å². The highest BCUT2D eigenvalue weighted by molar-refractivity contribution is 7.92. The van der Waals surface area contributed by atoms with Gasteiger partial charge in [-0.25, -0.2) is 8.42 Å². The van der Waals surface area contributed by atoms with Crippen LogP contribution in [0.5, 0.6) is 5.75 Å². The van der Waals surface area contributed by atoms with Crippen LogP contribution in [0.25, 0.3) is 0 Å². The molecule has 0 fully saturated rings. The maximum atomic E-state index is 13.2. The molecule has 3 rings (SSSR count). The zero-order valence-corrected chi connectivity index (χ0v) is 16.5. The van der Waals surface area contributed by atoms with Crippen molar-refractivity contribution in [1.82, 2.24) is 5.32 Å². The lowest BCUT2D eigenvalue weighted by atomic mass is 10.2. The molecular formula is C20H24N2O4S. The summed E-state index contributed by atoms with van der Waals surface area (Å²) in [5.74, 6) is 0.0618.